The molecule has 0 aromatic carbocycles. The largest absolute Gasteiger partial charge is 0.481 e. The molecule has 6 heterocycles. The first kappa shape index (κ1) is 54.1. The molecular formula is C20H37N10O26P5. The Labute approximate surface area is 336 Å². The maximum Gasteiger partial charge on any atom is 0.481 e. The molecule has 0 saturated carbocycles. The average Bonchev–Trinajstić information content (AvgIpc) is 3.83. The van der Waals surface area contributed by atoms with Crippen LogP contribution in [0.5, 0.6) is 0 Å². The number of fused-ring (bicyclic) bond motifs is 2. The van der Waals surface area contributed by atoms with E-state index < -0.39 is 101 Å². The number of hydrogen-bond donors (Lipinski definition) is 19. The predicted molar refractivity (Wildman–Crippen MR) is 190 cm³/mol. The van der Waals surface area contributed by atoms with Gasteiger partial charge in [-0.2, -0.15) is 4.31 Å². The Morgan fingerprint density at radius 2 is 0.918 bits per heavy atom. The van der Waals surface area contributed by atoms with Crippen LogP contribution in [-0.4, -0.2) is 173 Å². The van der Waals surface area contributed by atoms with Crippen LogP contribution in [-0.2, 0) is 41.1 Å². The van der Waals surface area contributed by atoms with Crippen molar-refractivity contribution in [3.63, 3.8) is 0 Å². The zero-order chi connectivity index (χ0) is 47.1. The minimum Gasteiger partial charge on any atom is -0.394 e. The number of nitrogens with zero attached hydrogens (tertiary/aromatic N) is 8. The van der Waals surface area contributed by atoms with Crippen molar-refractivity contribution < 1.29 is 125 Å². The van der Waals surface area contributed by atoms with Crippen molar-refractivity contribution in [3.05, 3.63) is 25.3 Å². The third-order valence-electron chi connectivity index (χ3n) is 6.79. The lowest BCUT2D eigenvalue weighted by atomic mass is 10.1. The number of phosphoric ester groups is 1. The number of aliphatic hydroxyl groups is 5. The topological polar surface area (TPSA) is 605 Å². The standard InChI is InChI=1S/C10H15N5O10P2.C10H13N5O4.3H3O4P/c11-8-5-9(13-2-12-8)15(3-14-5)10-7(17)6(16)4(24-10)1-23-27(21,22)25-26(18,19)20;11-8-5-9(13-2-12-8)15(3-14-5)10-7(18)6(17)4(1-16)19-10;3*1-5(2,3)4/h2-4,6-7,10,16-17H,1H2,(H,21,22)(H2,11,12,13)(H2,18,19,20);2-4,6-7,10,16-18H,1H2,(H2,11,12,13);3*(H3,1,2,3,4)/t2*4-,6-,7-,10-;;;/m11.../s1. The molecule has 1 unspecified atom stereocenters. The molecule has 61 heavy (non-hydrogen) atoms. The van der Waals surface area contributed by atoms with Gasteiger partial charge in [0.2, 0.25) is 0 Å². The Balaban J connectivity index is 0.000000324. The molecule has 0 radical (unpaired) electrons. The van der Waals surface area contributed by atoms with Crippen LogP contribution in [0.1, 0.15) is 12.5 Å². The van der Waals surface area contributed by atoms with Gasteiger partial charge in [-0.25, -0.2) is 52.7 Å². The second-order valence-electron chi connectivity index (χ2n) is 11.3. The Bertz CT molecular complexity index is 2230. The van der Waals surface area contributed by atoms with Crippen molar-refractivity contribution in [2.45, 2.75) is 49.1 Å². The Kier molecular flexibility index (Phi) is 19.2. The smallest absolute Gasteiger partial charge is 0.394 e. The van der Waals surface area contributed by atoms with Crippen molar-refractivity contribution in [1.29, 1.82) is 0 Å². The quantitative estimate of drug-likeness (QED) is 0.0730. The number of phosphoric acid groups is 5. The van der Waals surface area contributed by atoms with Crippen molar-refractivity contribution in [1.82, 2.24) is 39.0 Å². The maximum atomic E-state index is 11.5. The van der Waals surface area contributed by atoms with E-state index in [0.29, 0.717) is 11.2 Å². The highest BCUT2D eigenvalue weighted by Crippen LogP contribution is 2.57. The van der Waals surface area contributed by atoms with E-state index in [2.05, 4.69) is 38.7 Å². The van der Waals surface area contributed by atoms with Gasteiger partial charge in [-0.15, -0.1) is 0 Å². The normalized spacial score (nSPS) is 25.2. The Hall–Kier alpha value is -2.99. The molecule has 41 heteroatoms. The van der Waals surface area contributed by atoms with Gasteiger partial charge < -0.3 is 105 Å². The highest BCUT2D eigenvalue weighted by molar-refractivity contribution is 7.60. The first-order valence-electron chi connectivity index (χ1n) is 15.2. The van der Waals surface area contributed by atoms with E-state index in [-0.39, 0.29) is 22.8 Å². The van der Waals surface area contributed by atoms with E-state index in [1.165, 1.54) is 28.1 Å². The van der Waals surface area contributed by atoms with Gasteiger partial charge in [0.15, 0.2) is 35.4 Å². The summed E-state index contributed by atoms with van der Waals surface area (Å²) in [6, 6.07) is 0. The highest BCUT2D eigenvalue weighted by atomic mass is 31.3. The monoisotopic (exact) mass is 988 g/mol. The van der Waals surface area contributed by atoms with Crippen LogP contribution in [0.2, 0.25) is 0 Å². The van der Waals surface area contributed by atoms with Crippen LogP contribution in [0.3, 0.4) is 0 Å². The zero-order valence-corrected chi connectivity index (χ0v) is 34.1. The molecule has 4 aromatic heterocycles. The fourth-order valence-electron chi connectivity index (χ4n) is 4.64. The Morgan fingerprint density at radius 3 is 1.25 bits per heavy atom. The van der Waals surface area contributed by atoms with Gasteiger partial charge in [0.05, 0.1) is 25.9 Å². The van der Waals surface area contributed by atoms with Crippen molar-refractivity contribution in [3.8, 4) is 0 Å². The summed E-state index contributed by atoms with van der Waals surface area (Å²) in [7, 11) is -24.3. The van der Waals surface area contributed by atoms with Crippen LogP contribution in [0.4, 0.5) is 11.6 Å². The van der Waals surface area contributed by atoms with E-state index in [0.717, 1.165) is 6.33 Å². The molecule has 6 rings (SSSR count). The summed E-state index contributed by atoms with van der Waals surface area (Å²) in [5, 5.41) is 49.0. The van der Waals surface area contributed by atoms with Gasteiger partial charge in [-0.1, -0.05) is 0 Å². The SMILES string of the molecule is Nc1ncnc2c1ncn2[C@@H]1O[C@H](CO)[C@@H](O)[C@H]1O.Nc1ncnc2c1ncn2[C@@H]1O[C@H](COP(=O)(O)OP(=O)(O)O)[C@@H](O)[C@H]1O.O=P(O)(O)O.O=P(O)(O)O.O=P(O)(O)O. The van der Waals surface area contributed by atoms with Crippen molar-refractivity contribution in [2.24, 2.45) is 0 Å². The molecule has 2 aliphatic heterocycles. The van der Waals surface area contributed by atoms with E-state index >= 15 is 0 Å². The van der Waals surface area contributed by atoms with E-state index in [4.69, 9.17) is 93.6 Å². The number of nitrogen functional groups attached to an aromatic ring is 2. The second-order valence-corrected chi connectivity index (χ2v) is 17.2. The molecule has 21 N–H and O–H groups in total. The molecule has 0 amide bonds. The number of ether oxygens (including phenoxy) is 2. The number of rotatable bonds is 8. The molecule has 2 saturated heterocycles. The highest BCUT2D eigenvalue weighted by Gasteiger charge is 2.46. The molecule has 36 nitrogen and oxygen atoms in total. The average molecular weight is 988 g/mol. The van der Waals surface area contributed by atoms with Crippen LogP contribution in [0.15, 0.2) is 25.3 Å². The number of nitrogens with two attached hydrogens (primary N) is 2. The molecule has 0 bridgehead atoms. The summed E-state index contributed by atoms with van der Waals surface area (Å²) >= 11 is 0. The number of aliphatic hydroxyl groups excluding tert-OH is 5. The lowest BCUT2D eigenvalue weighted by molar-refractivity contribution is -0.0511. The molecule has 2 aliphatic rings. The van der Waals surface area contributed by atoms with Gasteiger partial charge in [0, 0.05) is 0 Å². The fraction of sp³-hybridized carbons (Fsp3) is 0.500. The second kappa shape index (κ2) is 21.6. The maximum absolute atomic E-state index is 11.5. The van der Waals surface area contributed by atoms with Gasteiger partial charge in [-0.3, -0.25) is 13.7 Å². The van der Waals surface area contributed by atoms with Crippen LogP contribution >= 0.6 is 39.1 Å². The zero-order valence-electron chi connectivity index (χ0n) is 29.6. The van der Waals surface area contributed by atoms with Gasteiger partial charge in [0.25, 0.3) is 0 Å². The van der Waals surface area contributed by atoms with Gasteiger partial charge in [-0.05, 0) is 0 Å². The van der Waals surface area contributed by atoms with Crippen LogP contribution in [0, 0.1) is 0 Å². The lowest BCUT2D eigenvalue weighted by Crippen LogP contribution is -2.33. The Morgan fingerprint density at radius 1 is 0.574 bits per heavy atom. The molecular weight excluding hydrogens is 951 g/mol. The summed E-state index contributed by atoms with van der Waals surface area (Å²) in [6.45, 7) is -1.20. The van der Waals surface area contributed by atoms with E-state index in [1.54, 1.807) is 0 Å². The van der Waals surface area contributed by atoms with Gasteiger partial charge in [0.1, 0.15) is 60.3 Å². The minimum atomic E-state index is -5.29. The van der Waals surface area contributed by atoms with E-state index in [1.807, 2.05) is 0 Å². The van der Waals surface area contributed by atoms with E-state index in [9.17, 15) is 34.4 Å². The van der Waals surface area contributed by atoms with Crippen molar-refractivity contribution in [2.75, 3.05) is 24.7 Å². The number of hydrogen-bond acceptors (Lipinski definition) is 22. The third kappa shape index (κ3) is 18.3. The lowest BCUT2D eigenvalue weighted by Gasteiger charge is -2.17. The third-order valence-corrected chi connectivity index (χ3v) is 8.94. The summed E-state index contributed by atoms with van der Waals surface area (Å²) in [6.07, 6.45) is -4.62. The molecule has 348 valence electrons. The molecule has 9 atom stereocenters. The molecule has 0 aliphatic carbocycles. The summed E-state index contributed by atoms with van der Waals surface area (Å²) in [5.74, 6) is 0.304. The first-order chi connectivity index (χ1) is 27.6. The molecule has 4 aromatic rings. The van der Waals surface area contributed by atoms with Gasteiger partial charge >= 0.3 is 39.1 Å². The fourth-order valence-corrected chi connectivity index (χ4v) is 6.24. The first-order valence-corrected chi connectivity index (χ1v) is 22.9. The number of imidazole rings is 2. The molecule has 0 spiro atoms. The predicted octanol–water partition coefficient (Wildman–Crippen LogP) is -6.51. The van der Waals surface area contributed by atoms with Crippen LogP contribution < -0.4 is 11.5 Å². The molecule has 2 fully saturated rings. The summed E-state index contributed by atoms with van der Waals surface area (Å²) in [5.41, 5.74) is 12.6. The van der Waals surface area contributed by atoms with Crippen LogP contribution in [0.25, 0.3) is 22.3 Å². The number of aromatic nitrogens is 8. The summed E-state index contributed by atoms with van der Waals surface area (Å²) in [4.78, 5) is 115. The minimum absolute atomic E-state index is 0.0856. The summed E-state index contributed by atoms with van der Waals surface area (Å²) < 4.78 is 70.3. The number of anilines is 2. The van der Waals surface area contributed by atoms with Crippen molar-refractivity contribution >= 4 is 73.1 Å².